The summed E-state index contributed by atoms with van der Waals surface area (Å²) < 4.78 is 0. The van der Waals surface area contributed by atoms with E-state index in [1.807, 2.05) is 0 Å². The minimum Gasteiger partial charge on any atom is -1.00 e. The van der Waals surface area contributed by atoms with E-state index in [1.54, 1.807) is 0 Å². The van der Waals surface area contributed by atoms with Gasteiger partial charge in [0, 0.05) is 0 Å². The summed E-state index contributed by atoms with van der Waals surface area (Å²) in [5.74, 6) is 1.86. The maximum Gasteiger partial charge on any atom is -1.00 e. The molecule has 0 unspecified atom stereocenters. The Hall–Kier alpha value is 1.06. The van der Waals surface area contributed by atoms with Gasteiger partial charge in [0.25, 0.3) is 0 Å². The number of rotatable bonds is 10. The van der Waals surface area contributed by atoms with Gasteiger partial charge in [0.1, 0.15) is 0 Å². The van der Waals surface area contributed by atoms with Crippen molar-refractivity contribution in [3.63, 3.8) is 0 Å². The van der Waals surface area contributed by atoms with Crippen molar-refractivity contribution in [1.29, 1.82) is 0 Å². The third-order valence-corrected chi connectivity index (χ3v) is 6.99. The van der Waals surface area contributed by atoms with Crippen molar-refractivity contribution in [2.24, 2.45) is 11.8 Å². The Bertz CT molecular complexity index is 128. The van der Waals surface area contributed by atoms with Crippen molar-refractivity contribution in [3.8, 4) is 0 Å². The molecule has 2 heteroatoms. The van der Waals surface area contributed by atoms with Crippen molar-refractivity contribution in [2.45, 2.75) is 88.4 Å². The van der Waals surface area contributed by atoms with Gasteiger partial charge < -0.3 is 2.85 Å². The smallest absolute Gasteiger partial charge is 1.00 e. The Kier molecular flexibility index (Phi) is 21.4. The van der Waals surface area contributed by atoms with Crippen molar-refractivity contribution in [2.75, 3.05) is 0 Å². The number of unbranched alkanes of at least 4 members (excludes halogenated alkanes) is 2. The van der Waals surface area contributed by atoms with Gasteiger partial charge in [-0.3, -0.25) is 0 Å². The van der Waals surface area contributed by atoms with Crippen LogP contribution in [-0.4, -0.2) is 30.4 Å². The van der Waals surface area contributed by atoms with Crippen LogP contribution in [0.4, 0.5) is 0 Å². The fourth-order valence-corrected chi connectivity index (χ4v) is 4.81. The molecule has 0 nitrogen and oxygen atoms in total. The van der Waals surface area contributed by atoms with E-state index in [4.69, 9.17) is 0 Å². The third-order valence-electron chi connectivity index (χ3n) is 2.80. The van der Waals surface area contributed by atoms with Gasteiger partial charge in [-0.05, 0) is 0 Å². The zero-order valence-electron chi connectivity index (χ0n) is 16.0. The molecule has 0 heterocycles. The molecular weight excluding hydrogens is 246 g/mol. The molecule has 0 aromatic rings. The molecule has 0 aliphatic rings. The van der Waals surface area contributed by atoms with Crippen molar-refractivity contribution >= 4 is 30.4 Å². The fourth-order valence-electron chi connectivity index (χ4n) is 1.60. The molecule has 0 aliphatic carbocycles. The summed E-state index contributed by atoms with van der Waals surface area (Å²) in [5, 5.41) is 6.04. The van der Waals surface area contributed by atoms with E-state index in [9.17, 15) is 0 Å². The van der Waals surface area contributed by atoms with Crippen LogP contribution in [-0.2, 0) is 0 Å². The summed E-state index contributed by atoms with van der Waals surface area (Å²) in [4.78, 5) is 0. The monoisotopic (exact) mass is 284 g/mol. The Morgan fingerprint density at radius 2 is 1.11 bits per heavy atom. The molecule has 0 aromatic heterocycles. The summed E-state index contributed by atoms with van der Waals surface area (Å²) in [5.41, 5.74) is 0. The topological polar surface area (TPSA) is 0 Å². The van der Waals surface area contributed by atoms with Crippen molar-refractivity contribution in [3.05, 3.63) is 0 Å². The van der Waals surface area contributed by atoms with Crippen LogP contribution in [0.5, 0.6) is 0 Å². The molecule has 0 fully saturated rings. The molecule has 0 radical (unpaired) electrons. The van der Waals surface area contributed by atoms with Crippen LogP contribution in [0.3, 0.4) is 0 Å². The molecule has 0 bridgehead atoms. The number of hydrogen-bond acceptors (Lipinski definition) is 0. The van der Waals surface area contributed by atoms with Crippen LogP contribution < -0.4 is 0 Å². The minimum absolute atomic E-state index is 0. The summed E-state index contributed by atoms with van der Waals surface area (Å²) in [6.45, 7) is 13.8. The van der Waals surface area contributed by atoms with E-state index in [2.05, 4.69) is 41.5 Å². The molecule has 0 aromatic carbocycles. The second kappa shape index (κ2) is 18.1. The molecule has 108 valence electrons. The van der Waals surface area contributed by atoms with Crippen LogP contribution >= 0.6 is 0 Å². The predicted octanol–water partition coefficient (Wildman–Crippen LogP) is 6.19. The van der Waals surface area contributed by atoms with Gasteiger partial charge in [-0.15, -0.1) is 0 Å². The molecule has 0 atom stereocenters. The molecule has 0 N–H and O–H groups in total. The van der Waals surface area contributed by atoms with Crippen molar-refractivity contribution < 1.29 is 2.85 Å². The second-order valence-corrected chi connectivity index (χ2v) is 9.37. The quantitative estimate of drug-likeness (QED) is 0.331. The molecule has 18 heavy (non-hydrogen) atoms. The largest absolute Gasteiger partial charge is 1.00 e. The van der Waals surface area contributed by atoms with Gasteiger partial charge >= 0.3 is 131 Å². The van der Waals surface area contributed by atoms with Gasteiger partial charge in [-0.25, -0.2) is 0 Å². The normalized spacial score (nSPS) is 9.78. The van der Waals surface area contributed by atoms with Crippen molar-refractivity contribution in [1.82, 2.24) is 0 Å². The fraction of sp³-hybridized carbons (Fsp3) is 1.00. The maximum absolute atomic E-state index is 2.31. The molecule has 0 saturated heterocycles. The minimum atomic E-state index is 0. The Morgan fingerprint density at radius 3 is 1.39 bits per heavy atom. The van der Waals surface area contributed by atoms with Crippen LogP contribution in [0.25, 0.3) is 0 Å². The van der Waals surface area contributed by atoms with E-state index in [-0.39, 0.29) is 2.85 Å². The Morgan fingerprint density at radius 1 is 0.722 bits per heavy atom. The van der Waals surface area contributed by atoms with Crippen LogP contribution in [0.15, 0.2) is 0 Å². The van der Waals surface area contributed by atoms with Crippen LogP contribution in [0.1, 0.15) is 70.1 Å². The summed E-state index contributed by atoms with van der Waals surface area (Å²) in [7, 11) is 0. The second-order valence-electron chi connectivity index (χ2n) is 6.12. The van der Waals surface area contributed by atoms with Gasteiger partial charge in [0.15, 0.2) is 0 Å². The van der Waals surface area contributed by atoms with Gasteiger partial charge in [0.2, 0.25) is 0 Å². The summed E-state index contributed by atoms with van der Waals surface area (Å²) in [6, 6.07) is 0. The molecule has 0 spiro atoms. The zero-order valence-corrected chi connectivity index (χ0v) is 16.3. The van der Waals surface area contributed by atoms with Gasteiger partial charge in [0.05, 0.1) is 0 Å². The standard InChI is InChI=1S/4C4H9.2Al.2H/c2*1-4(2)3;2*1-3-4-2;;;;/h2*4H,1H2,2-3H3;2*1,3-4H2,2H3;;;;/q;;;;2*+1;2*-1. The summed E-state index contributed by atoms with van der Waals surface area (Å²) >= 11 is 1.57. The molecule has 0 aliphatic heterocycles. The Balaban J connectivity index is -0.000000116. The van der Waals surface area contributed by atoms with E-state index in [0.29, 0.717) is 0 Å². The zero-order chi connectivity index (χ0) is 14.2. The third kappa shape index (κ3) is 25.8. The van der Waals surface area contributed by atoms with E-state index in [1.165, 1.54) is 46.8 Å². The molecule has 0 rings (SSSR count). The van der Waals surface area contributed by atoms with Crippen LogP contribution in [0.2, 0.25) is 21.1 Å². The average molecular weight is 284 g/mol. The predicted molar refractivity (Wildman–Crippen MR) is 92.5 cm³/mol. The summed E-state index contributed by atoms with van der Waals surface area (Å²) in [6.07, 6.45) is 5.72. The first kappa shape index (κ1) is 21.4. The first-order valence-electron chi connectivity index (χ1n) is 8.17. The SMILES string of the molecule is CC(C)[CH2][Al+][CH2]C(C)C.CCC[CH2][Al+][CH2]CCC.[H-].[H-]. The van der Waals surface area contributed by atoms with E-state index < -0.39 is 0 Å². The van der Waals surface area contributed by atoms with E-state index >= 15 is 0 Å². The maximum atomic E-state index is 2.31. The first-order chi connectivity index (χ1) is 8.54. The first-order valence-corrected chi connectivity index (χ1v) is 11.4. The molecular formula is C16H38Al2. The molecule has 0 saturated carbocycles. The number of hydrogen-bond donors (Lipinski definition) is 0. The van der Waals surface area contributed by atoms with E-state index in [0.717, 1.165) is 42.3 Å². The van der Waals surface area contributed by atoms with Gasteiger partial charge in [-0.2, -0.15) is 0 Å². The average Bonchev–Trinajstić information content (AvgIpc) is 2.29. The Labute approximate surface area is 133 Å². The van der Waals surface area contributed by atoms with Gasteiger partial charge in [-0.1, -0.05) is 0 Å². The molecule has 0 amide bonds. The van der Waals surface area contributed by atoms with Crippen LogP contribution in [0, 0.1) is 11.8 Å².